The Labute approximate surface area is 96.5 Å². The van der Waals surface area contributed by atoms with Crippen molar-refractivity contribution in [1.29, 1.82) is 0 Å². The fourth-order valence-corrected chi connectivity index (χ4v) is 0.515. The average Bonchev–Trinajstić information content (AvgIpc) is 2.66. The monoisotopic (exact) mass is 351 g/mol. The second-order valence-corrected chi connectivity index (χ2v) is 1.47. The van der Waals surface area contributed by atoms with Gasteiger partial charge in [-0.05, 0) is 0 Å². The van der Waals surface area contributed by atoms with Gasteiger partial charge in [0.15, 0.2) is 0 Å². The van der Waals surface area contributed by atoms with E-state index in [1.54, 1.807) is 13.8 Å². The Morgan fingerprint density at radius 2 is 1.69 bits per heavy atom. The van der Waals surface area contributed by atoms with E-state index in [-0.39, 0.29) is 21.1 Å². The summed E-state index contributed by atoms with van der Waals surface area (Å²) in [4.78, 5) is 7.25. The van der Waals surface area contributed by atoms with E-state index in [9.17, 15) is 0 Å². The Balaban J connectivity index is -0.0000000508. The van der Waals surface area contributed by atoms with Gasteiger partial charge in [-0.25, -0.2) is 11.6 Å². The van der Waals surface area contributed by atoms with E-state index >= 15 is 0 Å². The Bertz CT molecular complexity index is 119. The first-order valence-electron chi connectivity index (χ1n) is 3.73. The molecule has 0 unspecified atom stereocenters. The summed E-state index contributed by atoms with van der Waals surface area (Å²) in [6.07, 6.45) is 8.33. The first kappa shape index (κ1) is 23.0. The van der Waals surface area contributed by atoms with Crippen LogP contribution in [-0.4, -0.2) is 0 Å². The molecule has 0 atom stereocenters. The minimum absolute atomic E-state index is 0. The van der Waals surface area contributed by atoms with Crippen molar-refractivity contribution in [3.05, 3.63) is 48.1 Å². The number of nitrogens with zero attached hydrogens (tertiary/aromatic N) is 1. The van der Waals surface area contributed by atoms with E-state index in [1.807, 2.05) is 0 Å². The fourth-order valence-electron chi connectivity index (χ4n) is 0.515. The molecule has 78 valence electrons. The van der Waals surface area contributed by atoms with Crippen LogP contribution < -0.4 is 0 Å². The van der Waals surface area contributed by atoms with E-state index in [2.05, 4.69) is 39.0 Å². The van der Waals surface area contributed by atoms with Gasteiger partial charge in [0.25, 0.3) is 0 Å². The van der Waals surface area contributed by atoms with Crippen LogP contribution in [0.25, 0.3) is 5.59 Å². The summed E-state index contributed by atoms with van der Waals surface area (Å²) in [5.41, 5.74) is 7.02. The maximum absolute atomic E-state index is 7.25. The number of hydrogen-bond acceptors (Lipinski definition) is 1. The van der Waals surface area contributed by atoms with Gasteiger partial charge in [-0.1, -0.05) is 6.92 Å². The van der Waals surface area contributed by atoms with Crippen molar-refractivity contribution in [2.45, 2.75) is 27.2 Å². The number of allylic oxidation sites excluding steroid dienone is 4. The van der Waals surface area contributed by atoms with Crippen LogP contribution in [0.15, 0.2) is 17.7 Å². The van der Waals surface area contributed by atoms with Crippen molar-refractivity contribution in [3.8, 4) is 0 Å². The predicted molar refractivity (Wildman–Crippen MR) is 55.0 cm³/mol. The molecular weight excluding hydrogens is 334 g/mol. The number of hydrogen-bond donors (Lipinski definition) is 0. The number of rotatable bonds is 0. The molecule has 1 rings (SSSR count). The Morgan fingerprint density at radius 1 is 1.31 bits per heavy atom. The summed E-state index contributed by atoms with van der Waals surface area (Å²) < 4.78 is 0. The third-order valence-electron chi connectivity index (χ3n) is 0.867. The molecule has 0 fully saturated rings. The molecule has 1 aliphatic carbocycles. The van der Waals surface area contributed by atoms with E-state index in [0.29, 0.717) is 0 Å². The van der Waals surface area contributed by atoms with Crippen LogP contribution in [0, 0.1) is 24.8 Å². The zero-order valence-corrected chi connectivity index (χ0v) is 11.5. The summed E-state index contributed by atoms with van der Waals surface area (Å²) in [7, 11) is 0. The van der Waals surface area contributed by atoms with Crippen LogP contribution in [-0.2, 0) is 21.1 Å². The molecule has 0 aliphatic heterocycles. The van der Waals surface area contributed by atoms with Crippen LogP contribution in [0.5, 0.6) is 0 Å². The zero-order chi connectivity index (χ0) is 10.4. The molecule has 0 bridgehead atoms. The van der Waals surface area contributed by atoms with Gasteiger partial charge in [-0.15, -0.1) is 6.42 Å². The molecule has 0 N–H and O–H groups in total. The second kappa shape index (κ2) is 29.8. The molecule has 13 heavy (non-hydrogen) atoms. The molecular formula is C10H17NOW-4. The SMILES string of the molecule is CC1=[C-]CC=C1.[CH2-]C.[CH2-]C.[N-]=O.[W]. The summed E-state index contributed by atoms with van der Waals surface area (Å²) in [6.45, 7) is 12.1. The third kappa shape index (κ3) is 24.5. The molecule has 0 spiro atoms. The van der Waals surface area contributed by atoms with Crippen LogP contribution in [0.3, 0.4) is 0 Å². The summed E-state index contributed by atoms with van der Waals surface area (Å²) in [6, 6.07) is 0. The minimum Gasteiger partial charge on any atom is -0.577 e. The molecule has 1 aliphatic rings. The van der Waals surface area contributed by atoms with Crippen molar-refractivity contribution in [3.63, 3.8) is 0 Å². The molecule has 0 aromatic rings. The summed E-state index contributed by atoms with van der Waals surface area (Å²) in [5, 5.41) is 0. The molecule has 0 heterocycles. The first-order chi connectivity index (χ1) is 5.89. The van der Waals surface area contributed by atoms with E-state index in [4.69, 9.17) is 10.5 Å². The topological polar surface area (TPSA) is 39.4 Å². The predicted octanol–water partition coefficient (Wildman–Crippen LogP) is 3.70. The van der Waals surface area contributed by atoms with Crippen LogP contribution in [0.4, 0.5) is 0 Å². The molecule has 0 aromatic carbocycles. The molecule has 0 amide bonds. The van der Waals surface area contributed by atoms with Gasteiger partial charge < -0.3 is 24.3 Å². The maximum atomic E-state index is 7.25. The number of nitroso groups, excluding NO2 is 1. The second-order valence-electron chi connectivity index (χ2n) is 1.47. The summed E-state index contributed by atoms with van der Waals surface area (Å²) in [5.74, 6) is 0. The normalized spacial score (nSPS) is 9.77. The van der Waals surface area contributed by atoms with E-state index < -0.39 is 0 Å². The van der Waals surface area contributed by atoms with Crippen molar-refractivity contribution < 1.29 is 21.1 Å². The minimum atomic E-state index is 0. The van der Waals surface area contributed by atoms with Gasteiger partial charge in [0, 0.05) is 21.1 Å². The summed E-state index contributed by atoms with van der Waals surface area (Å²) >= 11 is 0. The Hall–Kier alpha value is -0.232. The van der Waals surface area contributed by atoms with Gasteiger partial charge >= 0.3 is 0 Å². The van der Waals surface area contributed by atoms with Gasteiger partial charge in [-0.3, -0.25) is 6.08 Å². The maximum Gasteiger partial charge on any atom is 0 e. The molecule has 0 radical (unpaired) electrons. The standard InChI is InChI=1S/C6H7.2C2H5.NO.W/c1-6-4-2-3-5-6;3*1-2;/h2,4H,3H2,1H3;2*1H2,2H3;;/q4*-1;. The van der Waals surface area contributed by atoms with Crippen LogP contribution in [0.1, 0.15) is 27.2 Å². The quantitative estimate of drug-likeness (QED) is 0.614. The van der Waals surface area contributed by atoms with Crippen molar-refractivity contribution >= 4 is 0 Å². The Kier molecular flexibility index (Phi) is 52.7. The molecule has 0 saturated carbocycles. The van der Waals surface area contributed by atoms with E-state index in [0.717, 1.165) is 6.42 Å². The first-order valence-corrected chi connectivity index (χ1v) is 3.73. The van der Waals surface area contributed by atoms with Gasteiger partial charge in [0.1, 0.15) is 0 Å². The van der Waals surface area contributed by atoms with Gasteiger partial charge in [0.2, 0.25) is 0 Å². The molecule has 0 saturated heterocycles. The van der Waals surface area contributed by atoms with Gasteiger partial charge in [0.05, 0.1) is 0 Å². The van der Waals surface area contributed by atoms with Crippen molar-refractivity contribution in [2.75, 3.05) is 0 Å². The molecule has 3 heteroatoms. The van der Waals surface area contributed by atoms with Crippen LogP contribution in [0.2, 0.25) is 0 Å². The van der Waals surface area contributed by atoms with E-state index in [1.165, 1.54) is 5.57 Å². The average molecular weight is 351 g/mol. The largest absolute Gasteiger partial charge is 0.577 e. The van der Waals surface area contributed by atoms with Crippen molar-refractivity contribution in [2.24, 2.45) is 0 Å². The molecule has 0 aromatic heterocycles. The smallest absolute Gasteiger partial charge is 0 e. The fraction of sp³-hybridized carbons (Fsp3) is 0.400. The molecule has 2 nitrogen and oxygen atoms in total. The third-order valence-corrected chi connectivity index (χ3v) is 0.867. The van der Waals surface area contributed by atoms with Crippen LogP contribution >= 0.6 is 0 Å². The zero-order valence-electron chi connectivity index (χ0n) is 8.54. The Morgan fingerprint density at radius 3 is 1.77 bits per heavy atom. The van der Waals surface area contributed by atoms with Gasteiger partial charge in [-0.2, -0.15) is 19.9 Å². The van der Waals surface area contributed by atoms with Crippen molar-refractivity contribution in [1.82, 2.24) is 0 Å².